The maximum absolute atomic E-state index is 12.7. The molecule has 23 heavy (non-hydrogen) atoms. The van der Waals surface area contributed by atoms with Gasteiger partial charge in [0.2, 0.25) is 0 Å². The molecule has 0 aliphatic carbocycles. The number of benzene rings is 1. The molecule has 1 N–H and O–H groups in total. The molecule has 5 nitrogen and oxygen atoms in total. The van der Waals surface area contributed by atoms with Gasteiger partial charge in [0.05, 0.1) is 22.3 Å². The van der Waals surface area contributed by atoms with Crippen LogP contribution in [-0.2, 0) is 12.5 Å². The Morgan fingerprint density at radius 2 is 2.17 bits per heavy atom. The molecule has 1 aromatic carbocycles. The minimum atomic E-state index is -0.207. The highest BCUT2D eigenvalue weighted by Crippen LogP contribution is 2.38. The number of hydrogen-bond acceptors (Lipinski definition) is 3. The predicted molar refractivity (Wildman–Crippen MR) is 89.1 cm³/mol. The highest BCUT2D eigenvalue weighted by atomic mass is 35.5. The fourth-order valence-electron chi connectivity index (χ4n) is 2.77. The largest absolute Gasteiger partial charge is 0.489 e. The fourth-order valence-corrected chi connectivity index (χ4v) is 3.01. The first-order valence-electron chi connectivity index (χ1n) is 7.53. The highest BCUT2D eigenvalue weighted by molar-refractivity contribution is 6.32. The third kappa shape index (κ3) is 2.93. The van der Waals surface area contributed by atoms with Crippen LogP contribution in [-0.4, -0.2) is 22.3 Å². The first-order valence-corrected chi connectivity index (χ1v) is 7.91. The average molecular weight is 334 g/mol. The lowest BCUT2D eigenvalue weighted by molar-refractivity contribution is 0.0928. The zero-order valence-corrected chi connectivity index (χ0v) is 14.4. The summed E-state index contributed by atoms with van der Waals surface area (Å²) in [7, 11) is 1.82. The SMILES string of the molecule is Cn1cc(C(=O)N[C@@H]2COc3c(Cl)cccc32)c(C(C)(C)C)n1. The Morgan fingerprint density at radius 3 is 2.87 bits per heavy atom. The minimum absolute atomic E-state index is 0.149. The fraction of sp³-hybridized carbons (Fsp3) is 0.412. The lowest BCUT2D eigenvalue weighted by Crippen LogP contribution is -2.31. The Kier molecular flexibility index (Phi) is 3.84. The van der Waals surface area contributed by atoms with Gasteiger partial charge in [0, 0.05) is 24.2 Å². The van der Waals surface area contributed by atoms with Gasteiger partial charge in [-0.15, -0.1) is 0 Å². The van der Waals surface area contributed by atoms with Gasteiger partial charge in [-0.05, 0) is 6.07 Å². The molecule has 0 radical (unpaired) electrons. The number of amides is 1. The molecule has 1 aliphatic heterocycles. The topological polar surface area (TPSA) is 56.2 Å². The third-order valence-corrected chi connectivity index (χ3v) is 4.15. The Bertz CT molecular complexity index is 762. The molecule has 122 valence electrons. The Hall–Kier alpha value is -2.01. The van der Waals surface area contributed by atoms with Crippen LogP contribution < -0.4 is 10.1 Å². The summed E-state index contributed by atoms with van der Waals surface area (Å²) < 4.78 is 7.29. The molecular formula is C17H20ClN3O2. The number of para-hydroxylation sites is 1. The van der Waals surface area contributed by atoms with Crippen molar-refractivity contribution >= 4 is 17.5 Å². The van der Waals surface area contributed by atoms with E-state index in [1.807, 2.05) is 40.0 Å². The van der Waals surface area contributed by atoms with E-state index in [4.69, 9.17) is 16.3 Å². The maximum atomic E-state index is 12.7. The lowest BCUT2D eigenvalue weighted by atomic mass is 9.89. The summed E-state index contributed by atoms with van der Waals surface area (Å²) in [6.07, 6.45) is 1.75. The summed E-state index contributed by atoms with van der Waals surface area (Å²) in [4.78, 5) is 12.7. The van der Waals surface area contributed by atoms with Crippen LogP contribution in [0.1, 0.15) is 48.4 Å². The number of carbonyl (C=O) groups excluding carboxylic acids is 1. The summed E-state index contributed by atoms with van der Waals surface area (Å²) in [6.45, 7) is 6.51. The van der Waals surface area contributed by atoms with Gasteiger partial charge >= 0.3 is 0 Å². The van der Waals surface area contributed by atoms with Crippen molar-refractivity contribution in [3.63, 3.8) is 0 Å². The molecule has 1 atom stereocenters. The Morgan fingerprint density at radius 1 is 1.43 bits per heavy atom. The average Bonchev–Trinajstić information content (AvgIpc) is 3.04. The number of ether oxygens (including phenoxy) is 1. The molecule has 2 heterocycles. The number of aromatic nitrogens is 2. The van der Waals surface area contributed by atoms with Gasteiger partial charge in [-0.1, -0.05) is 44.5 Å². The monoisotopic (exact) mass is 333 g/mol. The van der Waals surface area contributed by atoms with Crippen molar-refractivity contribution in [3.05, 3.63) is 46.2 Å². The molecular weight excluding hydrogens is 314 g/mol. The van der Waals surface area contributed by atoms with Crippen molar-refractivity contribution in [1.82, 2.24) is 15.1 Å². The van der Waals surface area contributed by atoms with E-state index in [9.17, 15) is 4.79 Å². The van der Waals surface area contributed by atoms with Gasteiger partial charge in [-0.2, -0.15) is 5.10 Å². The summed E-state index contributed by atoms with van der Waals surface area (Å²) >= 11 is 6.13. The van der Waals surface area contributed by atoms with Crippen LogP contribution in [0, 0.1) is 0 Å². The highest BCUT2D eigenvalue weighted by Gasteiger charge is 2.31. The first-order chi connectivity index (χ1) is 10.8. The van der Waals surface area contributed by atoms with Gasteiger partial charge in [-0.3, -0.25) is 9.48 Å². The van der Waals surface area contributed by atoms with Crippen LogP contribution in [0.2, 0.25) is 5.02 Å². The van der Waals surface area contributed by atoms with Crippen LogP contribution in [0.15, 0.2) is 24.4 Å². The van der Waals surface area contributed by atoms with Crippen molar-refractivity contribution < 1.29 is 9.53 Å². The van der Waals surface area contributed by atoms with E-state index >= 15 is 0 Å². The second-order valence-corrected chi connectivity index (χ2v) is 7.22. The molecule has 1 aliphatic rings. The van der Waals surface area contributed by atoms with Gasteiger partial charge in [0.15, 0.2) is 0 Å². The van der Waals surface area contributed by atoms with Crippen LogP contribution in [0.4, 0.5) is 0 Å². The maximum Gasteiger partial charge on any atom is 0.255 e. The summed E-state index contributed by atoms with van der Waals surface area (Å²) in [5.41, 5.74) is 2.08. The molecule has 0 bridgehead atoms. The molecule has 0 unspecified atom stereocenters. The van der Waals surface area contributed by atoms with Gasteiger partial charge in [0.1, 0.15) is 12.4 Å². The van der Waals surface area contributed by atoms with E-state index in [0.717, 1.165) is 11.3 Å². The van der Waals surface area contributed by atoms with E-state index in [0.29, 0.717) is 22.9 Å². The molecule has 3 rings (SSSR count). The van der Waals surface area contributed by atoms with E-state index < -0.39 is 0 Å². The smallest absolute Gasteiger partial charge is 0.255 e. The first kappa shape index (κ1) is 15.9. The number of halogens is 1. The molecule has 1 aromatic heterocycles. The molecule has 6 heteroatoms. The minimum Gasteiger partial charge on any atom is -0.489 e. The van der Waals surface area contributed by atoms with E-state index in [2.05, 4.69) is 10.4 Å². The van der Waals surface area contributed by atoms with Gasteiger partial charge in [-0.25, -0.2) is 0 Å². The number of carbonyl (C=O) groups is 1. The van der Waals surface area contributed by atoms with Crippen molar-refractivity contribution in [3.8, 4) is 5.75 Å². The molecule has 0 spiro atoms. The number of fused-ring (bicyclic) bond motifs is 1. The zero-order chi connectivity index (χ0) is 16.8. The lowest BCUT2D eigenvalue weighted by Gasteiger charge is -2.18. The number of hydrogen-bond donors (Lipinski definition) is 1. The van der Waals surface area contributed by atoms with Crippen molar-refractivity contribution in [2.75, 3.05) is 6.61 Å². The van der Waals surface area contributed by atoms with Gasteiger partial charge in [0.25, 0.3) is 5.91 Å². The number of aryl methyl sites for hydroxylation is 1. The van der Waals surface area contributed by atoms with E-state index in [1.54, 1.807) is 16.9 Å². The molecule has 2 aromatic rings. The quantitative estimate of drug-likeness (QED) is 0.918. The molecule has 0 saturated carbocycles. The zero-order valence-electron chi connectivity index (χ0n) is 13.7. The van der Waals surface area contributed by atoms with Gasteiger partial charge < -0.3 is 10.1 Å². The summed E-state index contributed by atoms with van der Waals surface area (Å²) in [6, 6.07) is 5.36. The summed E-state index contributed by atoms with van der Waals surface area (Å²) in [5, 5.41) is 8.03. The molecule has 0 saturated heterocycles. The van der Waals surface area contributed by atoms with Crippen molar-refractivity contribution in [2.24, 2.45) is 7.05 Å². The normalized spacial score (nSPS) is 16.8. The molecule has 0 fully saturated rings. The molecule has 1 amide bonds. The third-order valence-electron chi connectivity index (χ3n) is 3.86. The second-order valence-electron chi connectivity index (χ2n) is 6.81. The number of nitrogens with one attached hydrogen (secondary N) is 1. The Labute approximate surface area is 140 Å². The van der Waals surface area contributed by atoms with Crippen LogP contribution in [0.25, 0.3) is 0 Å². The van der Waals surface area contributed by atoms with E-state index in [-0.39, 0.29) is 17.4 Å². The Balaban J connectivity index is 1.87. The number of rotatable bonds is 2. The van der Waals surface area contributed by atoms with Crippen molar-refractivity contribution in [1.29, 1.82) is 0 Å². The standard InChI is InChI=1S/C17H20ClN3O2/c1-17(2,3)15-11(8-21(4)20-15)16(22)19-13-9-23-14-10(13)6-5-7-12(14)18/h5-8,13H,9H2,1-4H3,(H,19,22)/t13-/m1/s1. The van der Waals surface area contributed by atoms with Crippen LogP contribution in [0.3, 0.4) is 0 Å². The van der Waals surface area contributed by atoms with Crippen molar-refractivity contribution in [2.45, 2.75) is 32.2 Å². The van der Waals surface area contributed by atoms with E-state index in [1.165, 1.54) is 0 Å². The van der Waals surface area contributed by atoms with Crippen LogP contribution in [0.5, 0.6) is 5.75 Å². The van der Waals surface area contributed by atoms with Crippen LogP contribution >= 0.6 is 11.6 Å². The number of nitrogens with zero attached hydrogens (tertiary/aromatic N) is 2. The second kappa shape index (κ2) is 5.57. The summed E-state index contributed by atoms with van der Waals surface area (Å²) in [5.74, 6) is 0.506. The predicted octanol–water partition coefficient (Wildman–Crippen LogP) is 3.23.